The molecule has 236 valence electrons. The number of aliphatic hydroxyl groups is 2. The number of fused-ring (bicyclic) bond motifs is 1. The van der Waals surface area contributed by atoms with Crippen LogP contribution in [-0.4, -0.2) is 75.6 Å². The lowest BCUT2D eigenvalue weighted by Gasteiger charge is -2.16. The molecule has 4 atom stereocenters. The van der Waals surface area contributed by atoms with E-state index in [2.05, 4.69) is 15.0 Å². The number of carbonyl (C=O) groups excluding carboxylic acids is 1. The van der Waals surface area contributed by atoms with Crippen molar-refractivity contribution in [3.63, 3.8) is 0 Å². The number of hydrogen-bond acceptors (Lipinski definition) is 12. The molecule has 0 aliphatic carbocycles. The molecule has 4 rings (SSSR count). The van der Waals surface area contributed by atoms with Gasteiger partial charge in [0.15, 0.2) is 17.7 Å². The second-order valence-electron chi connectivity index (χ2n) is 10.5. The Bertz CT molecular complexity index is 1410. The highest BCUT2D eigenvalue weighted by molar-refractivity contribution is 7.85. The van der Waals surface area contributed by atoms with Gasteiger partial charge >= 0.3 is 10.3 Å². The molecule has 1 aromatic carbocycles. The van der Waals surface area contributed by atoms with Crippen LogP contribution in [-0.2, 0) is 24.0 Å². The van der Waals surface area contributed by atoms with Crippen LogP contribution in [0.4, 0.5) is 5.82 Å². The molecular formula is C28H40N6O8S. The number of para-hydroxylation sites is 1. The van der Waals surface area contributed by atoms with Crippen molar-refractivity contribution in [2.24, 2.45) is 0 Å². The van der Waals surface area contributed by atoms with Crippen molar-refractivity contribution in [2.75, 3.05) is 18.9 Å². The summed E-state index contributed by atoms with van der Waals surface area (Å²) < 4.78 is 44.0. The number of benzene rings is 1. The first-order chi connectivity index (χ1) is 20.7. The standard InChI is InChI=1S/C28H40N6O8S/c29-26-23-27(31-18-30-26)34(19-32-23)28-25(37)24(36)21(42-28)17-41-43(38,39)33-22(35)15-11-6-4-2-1-3-5-7-12-16-40-20-13-9-8-10-14-20/h8-10,13-14,18-19,21,24-25,28,36-37H,1-7,11-12,15-17H2,(H,33,35)(H2,29,30,31)/t21-,24-,25-,28-/m1/s1. The van der Waals surface area contributed by atoms with Gasteiger partial charge in [0.1, 0.15) is 35.9 Å². The molecule has 1 amide bonds. The number of unbranched alkanes of at least 4 members (excludes halogenated alkanes) is 8. The number of anilines is 1. The molecule has 43 heavy (non-hydrogen) atoms. The average molecular weight is 621 g/mol. The minimum atomic E-state index is -4.44. The van der Waals surface area contributed by atoms with Crippen LogP contribution in [0.1, 0.15) is 70.4 Å². The molecule has 0 saturated carbocycles. The summed E-state index contributed by atoms with van der Waals surface area (Å²) in [5, 5.41) is 20.9. The number of nitrogens with one attached hydrogen (secondary N) is 1. The van der Waals surface area contributed by atoms with Crippen LogP contribution < -0.4 is 15.2 Å². The first-order valence-electron chi connectivity index (χ1n) is 14.6. The molecule has 5 N–H and O–H groups in total. The molecule has 3 aromatic rings. The van der Waals surface area contributed by atoms with Crippen LogP contribution in [0.5, 0.6) is 5.75 Å². The lowest BCUT2D eigenvalue weighted by Crippen LogP contribution is -2.37. The highest BCUT2D eigenvalue weighted by Gasteiger charge is 2.45. The highest BCUT2D eigenvalue weighted by atomic mass is 32.2. The van der Waals surface area contributed by atoms with E-state index in [4.69, 9.17) is 19.4 Å². The molecule has 1 saturated heterocycles. The van der Waals surface area contributed by atoms with Crippen molar-refractivity contribution in [3.05, 3.63) is 43.0 Å². The van der Waals surface area contributed by atoms with Gasteiger partial charge in [0.25, 0.3) is 0 Å². The van der Waals surface area contributed by atoms with Gasteiger partial charge in [0, 0.05) is 6.42 Å². The molecule has 1 aliphatic rings. The van der Waals surface area contributed by atoms with E-state index in [0.717, 1.165) is 63.7 Å². The number of imidazole rings is 1. The molecule has 0 spiro atoms. The van der Waals surface area contributed by atoms with Gasteiger partial charge in [-0.25, -0.2) is 19.7 Å². The Balaban J connectivity index is 1.05. The second kappa shape index (κ2) is 15.9. The quantitative estimate of drug-likeness (QED) is 0.152. The molecule has 0 unspecified atom stereocenters. The molecule has 15 heteroatoms. The first-order valence-corrected chi connectivity index (χ1v) is 16.0. The molecule has 2 aromatic heterocycles. The predicted molar refractivity (Wildman–Crippen MR) is 157 cm³/mol. The predicted octanol–water partition coefficient (Wildman–Crippen LogP) is 2.39. The van der Waals surface area contributed by atoms with E-state index in [1.165, 1.54) is 17.2 Å². The number of aromatic nitrogens is 4. The molecule has 3 heterocycles. The van der Waals surface area contributed by atoms with Gasteiger partial charge in [-0.15, -0.1) is 0 Å². The lowest BCUT2D eigenvalue weighted by molar-refractivity contribution is -0.119. The molecule has 1 aliphatic heterocycles. The zero-order valence-electron chi connectivity index (χ0n) is 24.0. The SMILES string of the molecule is Nc1ncnc2c1ncn2[C@@H]1O[C@H](COS(=O)(=O)NC(=O)CCCCCCCCCCCOc2ccccc2)[C@@H](O)[C@H]1O. The second-order valence-corrected chi connectivity index (χ2v) is 11.8. The van der Waals surface area contributed by atoms with Gasteiger partial charge in [0.2, 0.25) is 5.91 Å². The number of aliphatic hydroxyl groups excluding tert-OH is 2. The maximum absolute atomic E-state index is 12.3. The fourth-order valence-electron chi connectivity index (χ4n) is 4.86. The molecule has 14 nitrogen and oxygen atoms in total. The molecular weight excluding hydrogens is 580 g/mol. The maximum atomic E-state index is 12.3. The van der Waals surface area contributed by atoms with Crippen molar-refractivity contribution in [1.29, 1.82) is 0 Å². The number of carbonyl (C=O) groups is 1. The average Bonchev–Trinajstić information content (AvgIpc) is 3.54. The Morgan fingerprint density at radius 1 is 0.953 bits per heavy atom. The van der Waals surface area contributed by atoms with Crippen molar-refractivity contribution >= 4 is 33.2 Å². The zero-order valence-corrected chi connectivity index (χ0v) is 24.8. The van der Waals surface area contributed by atoms with Crippen molar-refractivity contribution in [1.82, 2.24) is 24.2 Å². The van der Waals surface area contributed by atoms with Crippen LogP contribution >= 0.6 is 0 Å². The maximum Gasteiger partial charge on any atom is 0.362 e. The smallest absolute Gasteiger partial charge is 0.362 e. The van der Waals surface area contributed by atoms with Crippen LogP contribution in [0.2, 0.25) is 0 Å². The van der Waals surface area contributed by atoms with Crippen molar-refractivity contribution < 1.29 is 37.1 Å². The molecule has 1 fully saturated rings. The first kappa shape index (κ1) is 32.5. The number of rotatable bonds is 18. The van der Waals surface area contributed by atoms with Gasteiger partial charge in [-0.1, -0.05) is 63.1 Å². The third-order valence-electron chi connectivity index (χ3n) is 7.18. The largest absolute Gasteiger partial charge is 0.494 e. The number of hydrogen-bond donors (Lipinski definition) is 4. The van der Waals surface area contributed by atoms with E-state index in [1.54, 1.807) is 0 Å². The normalized spacial score (nSPS) is 20.4. The number of nitrogens with zero attached hydrogens (tertiary/aromatic N) is 4. The van der Waals surface area contributed by atoms with E-state index in [1.807, 2.05) is 35.1 Å². The van der Waals surface area contributed by atoms with Crippen LogP contribution in [0.25, 0.3) is 11.2 Å². The van der Waals surface area contributed by atoms with Crippen LogP contribution in [0.3, 0.4) is 0 Å². The summed E-state index contributed by atoms with van der Waals surface area (Å²) in [5.74, 6) is 0.356. The Morgan fingerprint density at radius 3 is 2.35 bits per heavy atom. The number of ether oxygens (including phenoxy) is 2. The van der Waals surface area contributed by atoms with E-state index >= 15 is 0 Å². The zero-order chi connectivity index (χ0) is 30.7. The highest BCUT2D eigenvalue weighted by Crippen LogP contribution is 2.32. The van der Waals surface area contributed by atoms with Crippen molar-refractivity contribution in [2.45, 2.75) is 88.7 Å². The van der Waals surface area contributed by atoms with E-state index in [9.17, 15) is 23.4 Å². The Hall–Kier alpha value is -3.37. The Labute approximate surface area is 250 Å². The Morgan fingerprint density at radius 2 is 1.63 bits per heavy atom. The number of amides is 1. The van der Waals surface area contributed by atoms with Gasteiger partial charge < -0.3 is 25.4 Å². The summed E-state index contributed by atoms with van der Waals surface area (Å²) >= 11 is 0. The van der Waals surface area contributed by atoms with Crippen LogP contribution in [0, 0.1) is 0 Å². The van der Waals surface area contributed by atoms with Gasteiger partial charge in [0.05, 0.1) is 19.5 Å². The summed E-state index contributed by atoms with van der Waals surface area (Å²) in [7, 11) is -4.44. The fourth-order valence-corrected chi connectivity index (χ4v) is 5.61. The third-order valence-corrected chi connectivity index (χ3v) is 8.11. The topological polar surface area (TPSA) is 201 Å². The van der Waals surface area contributed by atoms with E-state index in [0.29, 0.717) is 6.42 Å². The van der Waals surface area contributed by atoms with Crippen LogP contribution in [0.15, 0.2) is 43.0 Å². The summed E-state index contributed by atoms with van der Waals surface area (Å²) in [6, 6.07) is 9.79. The third kappa shape index (κ3) is 9.56. The lowest BCUT2D eigenvalue weighted by atomic mass is 10.1. The van der Waals surface area contributed by atoms with E-state index < -0.39 is 47.4 Å². The minimum Gasteiger partial charge on any atom is -0.494 e. The van der Waals surface area contributed by atoms with Crippen molar-refractivity contribution in [3.8, 4) is 5.75 Å². The molecule has 0 bridgehead atoms. The van der Waals surface area contributed by atoms with Gasteiger partial charge in [-0.2, -0.15) is 8.42 Å². The monoisotopic (exact) mass is 620 g/mol. The number of nitrogen functional groups attached to an aromatic ring is 1. The van der Waals surface area contributed by atoms with Gasteiger partial charge in [-0.3, -0.25) is 13.5 Å². The Kier molecular flexibility index (Phi) is 12.0. The molecule has 0 radical (unpaired) electrons. The minimum absolute atomic E-state index is 0.0477. The van der Waals surface area contributed by atoms with E-state index in [-0.39, 0.29) is 23.4 Å². The fraction of sp³-hybridized carbons (Fsp3) is 0.571. The summed E-state index contributed by atoms with van der Waals surface area (Å²) in [5.41, 5.74) is 6.34. The van der Waals surface area contributed by atoms with Gasteiger partial charge in [-0.05, 0) is 25.0 Å². The summed E-state index contributed by atoms with van der Waals surface area (Å²) in [4.78, 5) is 24.2. The number of nitrogens with two attached hydrogens (primary N) is 1. The summed E-state index contributed by atoms with van der Waals surface area (Å²) in [6.45, 7) is 0.101. The summed E-state index contributed by atoms with van der Waals surface area (Å²) in [6.07, 6.45) is 6.36.